The number of rotatable bonds is 4. The van der Waals surface area contributed by atoms with Gasteiger partial charge in [-0.25, -0.2) is 4.98 Å². The van der Waals surface area contributed by atoms with E-state index < -0.39 is 0 Å². The first-order chi connectivity index (χ1) is 14.8. The monoisotopic (exact) mass is 491 g/mol. The molecule has 158 valence electrons. The molecule has 3 aromatic heterocycles. The number of aromatic nitrogens is 3. The van der Waals surface area contributed by atoms with Gasteiger partial charge in [-0.1, -0.05) is 72.1 Å². The van der Waals surface area contributed by atoms with Gasteiger partial charge in [0.15, 0.2) is 5.82 Å². The summed E-state index contributed by atoms with van der Waals surface area (Å²) in [5.41, 5.74) is 0.509. The maximum Gasteiger partial charge on any atom is 0.291 e. The molecule has 0 amide bonds. The normalized spacial score (nSPS) is 20.4. The summed E-state index contributed by atoms with van der Waals surface area (Å²) in [5.74, 6) is 2.04. The Morgan fingerprint density at radius 2 is 2.00 bits per heavy atom. The van der Waals surface area contributed by atoms with Gasteiger partial charge in [-0.15, -0.1) is 5.10 Å². The zero-order chi connectivity index (χ0) is 21.9. The first-order valence-corrected chi connectivity index (χ1v) is 11.5. The topological polar surface area (TPSA) is 60.4 Å². The van der Waals surface area contributed by atoms with Gasteiger partial charge in [0.25, 0.3) is 5.56 Å². The molecule has 1 fully saturated rings. The smallest absolute Gasteiger partial charge is 0.291 e. The molecule has 5 rings (SSSR count). The quantitative estimate of drug-likeness (QED) is 0.368. The number of fused-ring (bicyclic) bond motifs is 1. The van der Waals surface area contributed by atoms with Gasteiger partial charge in [0.1, 0.15) is 20.5 Å². The molecule has 0 N–H and O–H groups in total. The van der Waals surface area contributed by atoms with Crippen molar-refractivity contribution in [1.82, 2.24) is 14.6 Å². The van der Waals surface area contributed by atoms with Crippen LogP contribution in [0, 0.1) is 11.3 Å². The molecule has 0 radical (unpaired) electrons. The van der Waals surface area contributed by atoms with Crippen LogP contribution in [0.1, 0.15) is 31.4 Å². The van der Waals surface area contributed by atoms with E-state index in [1.165, 1.54) is 15.9 Å². The van der Waals surface area contributed by atoms with Crippen LogP contribution in [0.15, 0.2) is 56.2 Å². The number of hydrogen-bond donors (Lipinski definition) is 0. The highest BCUT2D eigenvalue weighted by molar-refractivity contribution is 7.15. The van der Waals surface area contributed by atoms with E-state index in [4.69, 9.17) is 39.2 Å². The fraction of sp³-hybridized carbons (Fsp3) is 0.227. The first kappa shape index (κ1) is 20.8. The minimum absolute atomic E-state index is 0.0622. The lowest BCUT2D eigenvalue weighted by atomic mass is 10.1. The Morgan fingerprint density at radius 3 is 2.71 bits per heavy atom. The Bertz CT molecular complexity index is 1450. The summed E-state index contributed by atoms with van der Waals surface area (Å²) in [4.78, 5) is 18.0. The summed E-state index contributed by atoms with van der Waals surface area (Å²) < 4.78 is 7.96. The summed E-state index contributed by atoms with van der Waals surface area (Å²) in [6.45, 7) is 4.21. The molecule has 0 saturated heterocycles. The molecule has 0 spiro atoms. The van der Waals surface area contributed by atoms with Crippen molar-refractivity contribution >= 4 is 57.2 Å². The van der Waals surface area contributed by atoms with Crippen LogP contribution in [0.5, 0.6) is 0 Å². The molecule has 1 saturated carbocycles. The van der Waals surface area contributed by atoms with E-state index in [1.807, 2.05) is 30.3 Å². The molecule has 2 unspecified atom stereocenters. The molecule has 1 aromatic carbocycles. The number of hydrogen-bond acceptors (Lipinski definition) is 5. The number of allylic oxidation sites excluding steroid dienone is 1. The molecule has 4 aromatic rings. The Balaban J connectivity index is 1.48. The number of benzene rings is 1. The SMILES string of the molecule is CC1(C)C(C=C(Cl)Cl)C1c1nc2s/c(=C/c3ccc(-c4ccccc4Cl)o3)c(=O)n2n1. The molecule has 1 aliphatic rings. The van der Waals surface area contributed by atoms with E-state index in [0.29, 0.717) is 31.9 Å². The maximum atomic E-state index is 12.9. The van der Waals surface area contributed by atoms with Crippen molar-refractivity contribution in [3.8, 4) is 11.3 Å². The van der Waals surface area contributed by atoms with Crippen LogP contribution in [-0.2, 0) is 0 Å². The highest BCUT2D eigenvalue weighted by atomic mass is 35.5. The predicted molar refractivity (Wildman–Crippen MR) is 125 cm³/mol. The van der Waals surface area contributed by atoms with Gasteiger partial charge in [0, 0.05) is 17.6 Å². The maximum absolute atomic E-state index is 12.9. The van der Waals surface area contributed by atoms with Crippen LogP contribution in [0.2, 0.25) is 5.02 Å². The van der Waals surface area contributed by atoms with E-state index in [2.05, 4.69) is 23.9 Å². The number of nitrogens with zero attached hydrogens (tertiary/aromatic N) is 3. The van der Waals surface area contributed by atoms with Crippen LogP contribution in [0.4, 0.5) is 0 Å². The Morgan fingerprint density at radius 1 is 1.23 bits per heavy atom. The van der Waals surface area contributed by atoms with Crippen molar-refractivity contribution in [2.24, 2.45) is 11.3 Å². The van der Waals surface area contributed by atoms with Crippen molar-refractivity contribution in [1.29, 1.82) is 0 Å². The van der Waals surface area contributed by atoms with Gasteiger partial charge < -0.3 is 4.42 Å². The van der Waals surface area contributed by atoms with E-state index in [0.717, 1.165) is 5.56 Å². The van der Waals surface area contributed by atoms with Gasteiger partial charge in [-0.3, -0.25) is 4.79 Å². The zero-order valence-corrected chi connectivity index (χ0v) is 19.6. The average molecular weight is 493 g/mol. The van der Waals surface area contributed by atoms with Crippen LogP contribution >= 0.6 is 46.1 Å². The summed E-state index contributed by atoms with van der Waals surface area (Å²) >= 11 is 19.2. The van der Waals surface area contributed by atoms with Gasteiger partial charge in [-0.2, -0.15) is 4.52 Å². The highest BCUT2D eigenvalue weighted by Gasteiger charge is 2.59. The van der Waals surface area contributed by atoms with E-state index in [9.17, 15) is 4.79 Å². The van der Waals surface area contributed by atoms with Crippen LogP contribution in [0.3, 0.4) is 0 Å². The molecule has 3 heterocycles. The molecule has 5 nitrogen and oxygen atoms in total. The molecule has 31 heavy (non-hydrogen) atoms. The van der Waals surface area contributed by atoms with Crippen LogP contribution in [0.25, 0.3) is 22.4 Å². The first-order valence-electron chi connectivity index (χ1n) is 9.54. The Labute approximate surface area is 196 Å². The summed E-state index contributed by atoms with van der Waals surface area (Å²) in [7, 11) is 0. The Kier molecular flexibility index (Phi) is 5.01. The minimum Gasteiger partial charge on any atom is -0.457 e. The molecule has 9 heteroatoms. The zero-order valence-electron chi connectivity index (χ0n) is 16.5. The van der Waals surface area contributed by atoms with Gasteiger partial charge >= 0.3 is 0 Å². The average Bonchev–Trinajstić information content (AvgIpc) is 3.16. The fourth-order valence-corrected chi connectivity index (χ4v) is 5.36. The summed E-state index contributed by atoms with van der Waals surface area (Å²) in [6.07, 6.45) is 3.51. The number of halogens is 3. The minimum atomic E-state index is -0.227. The fourth-order valence-electron chi connectivity index (χ4n) is 3.96. The van der Waals surface area contributed by atoms with Crippen molar-refractivity contribution in [2.75, 3.05) is 0 Å². The van der Waals surface area contributed by atoms with Crippen LogP contribution < -0.4 is 10.1 Å². The van der Waals surface area contributed by atoms with Crippen LogP contribution in [-0.4, -0.2) is 14.6 Å². The van der Waals surface area contributed by atoms with E-state index >= 15 is 0 Å². The standard InChI is InChI=1S/C22H16Cl3N3O2S/c1-22(2)13(10-17(24)25)18(22)19-26-21-28(27-19)20(29)16(31-21)9-11-7-8-15(30-11)12-5-3-4-6-14(12)23/h3-10,13,18H,1-2H3/b16-9+. The van der Waals surface area contributed by atoms with Gasteiger partial charge in [-0.05, 0) is 41.7 Å². The largest absolute Gasteiger partial charge is 0.457 e. The van der Waals surface area contributed by atoms with E-state index in [1.54, 1.807) is 18.2 Å². The van der Waals surface area contributed by atoms with Gasteiger partial charge in [0.05, 0.1) is 5.02 Å². The third kappa shape index (κ3) is 3.61. The van der Waals surface area contributed by atoms with Crippen molar-refractivity contribution in [3.05, 3.63) is 78.5 Å². The molecular formula is C22H16Cl3N3O2S. The summed E-state index contributed by atoms with van der Waals surface area (Å²) in [6, 6.07) is 11.1. The van der Waals surface area contributed by atoms with Crippen molar-refractivity contribution in [2.45, 2.75) is 19.8 Å². The molecule has 1 aliphatic carbocycles. The second-order valence-electron chi connectivity index (χ2n) is 8.04. The van der Waals surface area contributed by atoms with Crippen molar-refractivity contribution < 1.29 is 4.42 Å². The van der Waals surface area contributed by atoms with Gasteiger partial charge in [0.2, 0.25) is 4.96 Å². The summed E-state index contributed by atoms with van der Waals surface area (Å²) in [5, 5.41) is 5.08. The lowest BCUT2D eigenvalue weighted by molar-refractivity contribution is 0.571. The second kappa shape index (κ2) is 7.48. The number of thiazole rings is 1. The molecule has 0 aliphatic heterocycles. The third-order valence-corrected chi connectivity index (χ3v) is 7.27. The molecule has 0 bridgehead atoms. The second-order valence-corrected chi connectivity index (χ2v) is 10.5. The molecular weight excluding hydrogens is 477 g/mol. The Hall–Kier alpha value is -2.12. The number of furan rings is 1. The third-order valence-electron chi connectivity index (χ3n) is 5.73. The van der Waals surface area contributed by atoms with E-state index in [-0.39, 0.29) is 27.3 Å². The lowest BCUT2D eigenvalue weighted by Crippen LogP contribution is -2.23. The lowest BCUT2D eigenvalue weighted by Gasteiger charge is -1.98. The van der Waals surface area contributed by atoms with Crippen molar-refractivity contribution in [3.63, 3.8) is 0 Å². The highest BCUT2D eigenvalue weighted by Crippen LogP contribution is 2.64. The molecule has 2 atom stereocenters. The predicted octanol–water partition coefficient (Wildman–Crippen LogP) is 5.67.